The fourth-order valence-corrected chi connectivity index (χ4v) is 4.91. The molecule has 41 heavy (non-hydrogen) atoms. The number of hydrogen-bond acceptors (Lipinski definition) is 4. The number of carbonyl (C=O) groups is 3. The van der Waals surface area contributed by atoms with Gasteiger partial charge < -0.3 is 16.0 Å². The lowest BCUT2D eigenvalue weighted by Crippen LogP contribution is -2.30. The molecule has 3 N–H and O–H groups in total. The van der Waals surface area contributed by atoms with Gasteiger partial charge in [0.15, 0.2) is 0 Å². The van der Waals surface area contributed by atoms with Gasteiger partial charge in [0.2, 0.25) is 5.91 Å². The van der Waals surface area contributed by atoms with Crippen molar-refractivity contribution in [3.8, 4) is 0 Å². The first-order valence-electron chi connectivity index (χ1n) is 12.3. The van der Waals surface area contributed by atoms with Crippen LogP contribution in [0.1, 0.15) is 21.5 Å². The Balaban J connectivity index is 1.47. The molecule has 0 aromatic heterocycles. The van der Waals surface area contributed by atoms with Crippen molar-refractivity contribution in [1.29, 1.82) is 0 Å². The molecular weight excluding hydrogens is 601 g/mol. The van der Waals surface area contributed by atoms with Gasteiger partial charge in [-0.25, -0.2) is 0 Å². The van der Waals surface area contributed by atoms with Crippen molar-refractivity contribution < 1.29 is 14.4 Å². The lowest BCUT2D eigenvalue weighted by atomic mass is 10.1. The zero-order valence-electron chi connectivity index (χ0n) is 21.7. The van der Waals surface area contributed by atoms with E-state index in [0.717, 1.165) is 10.5 Å². The van der Waals surface area contributed by atoms with Crippen LogP contribution in [0, 0.1) is 6.92 Å². The Kier molecular flexibility index (Phi) is 10.5. The van der Waals surface area contributed by atoms with E-state index in [9.17, 15) is 14.4 Å². The summed E-state index contributed by atoms with van der Waals surface area (Å²) < 4.78 is 0. The predicted molar refractivity (Wildman–Crippen MR) is 169 cm³/mol. The molecule has 0 saturated carbocycles. The lowest BCUT2D eigenvalue weighted by Gasteiger charge is -2.13. The molecule has 4 rings (SSSR count). The average molecular weight is 625 g/mol. The predicted octanol–water partition coefficient (Wildman–Crippen LogP) is 8.10. The molecular formula is C31H24Cl3N3O3S. The van der Waals surface area contributed by atoms with E-state index in [1.165, 1.54) is 17.8 Å². The number of anilines is 2. The molecule has 0 aliphatic rings. The molecule has 0 unspecified atom stereocenters. The molecule has 4 aromatic carbocycles. The van der Waals surface area contributed by atoms with Gasteiger partial charge in [0.25, 0.3) is 11.8 Å². The van der Waals surface area contributed by atoms with E-state index in [0.29, 0.717) is 32.5 Å². The number of rotatable bonds is 9. The number of benzene rings is 4. The van der Waals surface area contributed by atoms with E-state index in [-0.39, 0.29) is 22.4 Å². The standard InChI is InChI=1S/C31H24Cl3N3O3S/c1-19-13-14-23(17-26(19)33)35-28(38)18-41-24-11-6-10-22(16-24)36-31(40)27(15-21-9-5-12-25(32)29(21)34)37-30(39)20-7-3-2-4-8-20/h2-17H,18H2,1H3,(H,35,38)(H,36,40)(H,37,39)/b27-15+. The molecule has 0 saturated heterocycles. The Morgan fingerprint density at radius 2 is 1.51 bits per heavy atom. The maximum Gasteiger partial charge on any atom is 0.272 e. The second kappa shape index (κ2) is 14.2. The molecule has 0 spiro atoms. The fourth-order valence-electron chi connectivity index (χ4n) is 3.61. The molecule has 4 aromatic rings. The quantitative estimate of drug-likeness (QED) is 0.130. The summed E-state index contributed by atoms with van der Waals surface area (Å²) in [4.78, 5) is 39.5. The summed E-state index contributed by atoms with van der Waals surface area (Å²) in [6.07, 6.45) is 1.46. The minimum atomic E-state index is -0.568. The van der Waals surface area contributed by atoms with Gasteiger partial charge in [0, 0.05) is 26.9 Å². The summed E-state index contributed by atoms with van der Waals surface area (Å²) in [5.74, 6) is -1.08. The zero-order valence-corrected chi connectivity index (χ0v) is 24.8. The number of halogens is 3. The number of nitrogens with one attached hydrogen (secondary N) is 3. The highest BCUT2D eigenvalue weighted by molar-refractivity contribution is 8.00. The third kappa shape index (κ3) is 8.62. The van der Waals surface area contributed by atoms with Gasteiger partial charge in [-0.1, -0.05) is 77.3 Å². The van der Waals surface area contributed by atoms with E-state index >= 15 is 0 Å². The van der Waals surface area contributed by atoms with Crippen molar-refractivity contribution in [2.45, 2.75) is 11.8 Å². The van der Waals surface area contributed by atoms with Gasteiger partial charge in [-0.3, -0.25) is 14.4 Å². The van der Waals surface area contributed by atoms with Crippen molar-refractivity contribution in [2.75, 3.05) is 16.4 Å². The Labute approximate surface area is 257 Å². The van der Waals surface area contributed by atoms with Gasteiger partial charge in [-0.05, 0) is 72.7 Å². The van der Waals surface area contributed by atoms with E-state index < -0.39 is 11.8 Å². The Morgan fingerprint density at radius 3 is 2.27 bits per heavy atom. The highest BCUT2D eigenvalue weighted by atomic mass is 35.5. The van der Waals surface area contributed by atoms with Gasteiger partial charge in [0.05, 0.1) is 15.8 Å². The maximum atomic E-state index is 13.4. The number of thioether (sulfide) groups is 1. The zero-order chi connectivity index (χ0) is 29.4. The van der Waals surface area contributed by atoms with Crippen LogP contribution in [-0.4, -0.2) is 23.5 Å². The fraction of sp³-hybridized carbons (Fsp3) is 0.0645. The molecule has 6 nitrogen and oxygen atoms in total. The van der Waals surface area contributed by atoms with Crippen molar-refractivity contribution >= 4 is 81.7 Å². The summed E-state index contributed by atoms with van der Waals surface area (Å²) >= 11 is 19.9. The van der Waals surface area contributed by atoms with E-state index in [1.54, 1.807) is 78.9 Å². The van der Waals surface area contributed by atoms with Crippen LogP contribution in [0.15, 0.2) is 102 Å². The molecule has 0 aliphatic carbocycles. The topological polar surface area (TPSA) is 87.3 Å². The molecule has 0 radical (unpaired) electrons. The van der Waals surface area contributed by atoms with Crippen LogP contribution in [-0.2, 0) is 9.59 Å². The third-order valence-corrected chi connectivity index (χ3v) is 7.96. The molecule has 10 heteroatoms. The van der Waals surface area contributed by atoms with E-state index in [1.807, 2.05) is 19.1 Å². The Bertz CT molecular complexity index is 1630. The summed E-state index contributed by atoms with van der Waals surface area (Å²) in [6, 6.07) is 25.9. The normalized spacial score (nSPS) is 11.1. The van der Waals surface area contributed by atoms with Crippen LogP contribution in [0.25, 0.3) is 6.08 Å². The van der Waals surface area contributed by atoms with Crippen LogP contribution >= 0.6 is 46.6 Å². The first kappa shape index (κ1) is 30.2. The summed E-state index contributed by atoms with van der Waals surface area (Å²) in [5.41, 5.74) is 2.82. The highest BCUT2D eigenvalue weighted by Gasteiger charge is 2.17. The smallest absolute Gasteiger partial charge is 0.272 e. The minimum absolute atomic E-state index is 0.0304. The van der Waals surface area contributed by atoms with Crippen molar-refractivity contribution in [2.24, 2.45) is 0 Å². The SMILES string of the molecule is Cc1ccc(NC(=O)CSc2cccc(NC(=O)/C(=C\c3cccc(Cl)c3Cl)NC(=O)c3ccccc3)c2)cc1Cl. The molecule has 0 heterocycles. The molecule has 0 aliphatic heterocycles. The summed E-state index contributed by atoms with van der Waals surface area (Å²) in [6.45, 7) is 1.89. The summed E-state index contributed by atoms with van der Waals surface area (Å²) in [7, 11) is 0. The molecule has 0 atom stereocenters. The monoisotopic (exact) mass is 623 g/mol. The number of carbonyl (C=O) groups excluding carboxylic acids is 3. The lowest BCUT2D eigenvalue weighted by molar-refractivity contribution is -0.114. The Morgan fingerprint density at radius 1 is 0.780 bits per heavy atom. The number of amides is 3. The van der Waals surface area contributed by atoms with Crippen molar-refractivity contribution in [3.05, 3.63) is 128 Å². The van der Waals surface area contributed by atoms with E-state index in [2.05, 4.69) is 16.0 Å². The van der Waals surface area contributed by atoms with Crippen molar-refractivity contribution in [1.82, 2.24) is 5.32 Å². The molecule has 0 bridgehead atoms. The van der Waals surface area contributed by atoms with Gasteiger partial charge >= 0.3 is 0 Å². The first-order chi connectivity index (χ1) is 19.7. The van der Waals surface area contributed by atoms with Gasteiger partial charge in [-0.15, -0.1) is 11.8 Å². The van der Waals surface area contributed by atoms with Gasteiger partial charge in [-0.2, -0.15) is 0 Å². The number of aryl methyl sites for hydroxylation is 1. The third-order valence-electron chi connectivity index (χ3n) is 5.73. The molecule has 0 fully saturated rings. The van der Waals surface area contributed by atoms with Crippen LogP contribution in [0.5, 0.6) is 0 Å². The summed E-state index contributed by atoms with van der Waals surface area (Å²) in [5, 5.41) is 9.44. The highest BCUT2D eigenvalue weighted by Crippen LogP contribution is 2.28. The first-order valence-corrected chi connectivity index (χ1v) is 14.4. The van der Waals surface area contributed by atoms with Crippen LogP contribution in [0.4, 0.5) is 11.4 Å². The van der Waals surface area contributed by atoms with Crippen molar-refractivity contribution in [3.63, 3.8) is 0 Å². The molecule has 3 amide bonds. The Hall–Kier alpha value is -3.75. The van der Waals surface area contributed by atoms with Crippen LogP contribution in [0.2, 0.25) is 15.1 Å². The largest absolute Gasteiger partial charge is 0.325 e. The van der Waals surface area contributed by atoms with E-state index in [4.69, 9.17) is 34.8 Å². The van der Waals surface area contributed by atoms with Gasteiger partial charge in [0.1, 0.15) is 5.70 Å². The molecule has 208 valence electrons. The van der Waals surface area contributed by atoms with Crippen LogP contribution in [0.3, 0.4) is 0 Å². The number of hydrogen-bond donors (Lipinski definition) is 3. The average Bonchev–Trinajstić information content (AvgIpc) is 2.96. The second-order valence-electron chi connectivity index (χ2n) is 8.80. The minimum Gasteiger partial charge on any atom is -0.325 e. The maximum absolute atomic E-state index is 13.4. The second-order valence-corrected chi connectivity index (χ2v) is 11.0. The van der Waals surface area contributed by atoms with Crippen LogP contribution < -0.4 is 16.0 Å².